The van der Waals surface area contributed by atoms with E-state index in [9.17, 15) is 9.18 Å². The molecule has 4 heteroatoms. The van der Waals surface area contributed by atoms with Crippen LogP contribution in [0.3, 0.4) is 0 Å². The van der Waals surface area contributed by atoms with Gasteiger partial charge in [-0.1, -0.05) is 6.07 Å². The van der Waals surface area contributed by atoms with Crippen LogP contribution in [0, 0.1) is 18.2 Å². The zero-order valence-corrected chi connectivity index (χ0v) is 9.34. The number of benzene rings is 1. The number of ether oxygens (including phenoxy) is 1. The highest BCUT2D eigenvalue weighted by Crippen LogP contribution is 2.29. The van der Waals surface area contributed by atoms with Crippen LogP contribution in [0.4, 0.5) is 10.1 Å². The summed E-state index contributed by atoms with van der Waals surface area (Å²) >= 11 is 0. The summed E-state index contributed by atoms with van der Waals surface area (Å²) in [7, 11) is 0. The lowest BCUT2D eigenvalue weighted by Crippen LogP contribution is -2.49. The number of amides is 1. The van der Waals surface area contributed by atoms with Crippen LogP contribution < -0.4 is 5.32 Å². The smallest absolute Gasteiger partial charge is 0.235 e. The van der Waals surface area contributed by atoms with Gasteiger partial charge in [-0.2, -0.15) is 0 Å². The van der Waals surface area contributed by atoms with Crippen LogP contribution in [-0.2, 0) is 9.53 Å². The molecule has 1 fully saturated rings. The molecule has 3 nitrogen and oxygen atoms in total. The van der Waals surface area contributed by atoms with Crippen LogP contribution in [0.2, 0.25) is 0 Å². The number of carbonyl (C=O) groups excluding carboxylic acids is 1. The van der Waals surface area contributed by atoms with Gasteiger partial charge in [0.25, 0.3) is 0 Å². The minimum atomic E-state index is -0.473. The van der Waals surface area contributed by atoms with Crippen LogP contribution in [0.15, 0.2) is 18.2 Å². The number of carbonyl (C=O) groups is 1. The van der Waals surface area contributed by atoms with Crippen molar-refractivity contribution in [1.82, 2.24) is 0 Å². The van der Waals surface area contributed by atoms with Crippen LogP contribution in [-0.4, -0.2) is 19.1 Å². The molecule has 1 saturated heterocycles. The number of hydrogen-bond acceptors (Lipinski definition) is 2. The minimum Gasteiger partial charge on any atom is -0.379 e. The molecule has 0 radical (unpaired) electrons. The molecule has 0 bridgehead atoms. The van der Waals surface area contributed by atoms with Crippen molar-refractivity contribution < 1.29 is 13.9 Å². The standard InChI is InChI=1S/C12H14FNO2/c1-8-3-4-9(13)5-10(8)14-11(15)12(2)6-16-7-12/h3-5H,6-7H2,1-2H3,(H,14,15). The summed E-state index contributed by atoms with van der Waals surface area (Å²) in [5.74, 6) is -0.469. The first-order valence-corrected chi connectivity index (χ1v) is 5.17. The summed E-state index contributed by atoms with van der Waals surface area (Å²) in [6.45, 7) is 4.51. The van der Waals surface area contributed by atoms with E-state index in [0.29, 0.717) is 18.9 Å². The fourth-order valence-corrected chi connectivity index (χ4v) is 1.54. The van der Waals surface area contributed by atoms with Gasteiger partial charge in [-0.3, -0.25) is 4.79 Å². The molecule has 1 aromatic rings. The zero-order chi connectivity index (χ0) is 11.8. The number of halogens is 1. The van der Waals surface area contributed by atoms with Gasteiger partial charge in [0.05, 0.1) is 18.6 Å². The van der Waals surface area contributed by atoms with E-state index in [1.807, 2.05) is 13.8 Å². The predicted octanol–water partition coefficient (Wildman–Crippen LogP) is 2.11. The van der Waals surface area contributed by atoms with Crippen molar-refractivity contribution >= 4 is 11.6 Å². The van der Waals surface area contributed by atoms with Crippen molar-refractivity contribution in [2.24, 2.45) is 5.41 Å². The van der Waals surface area contributed by atoms with Crippen LogP contribution in [0.1, 0.15) is 12.5 Å². The van der Waals surface area contributed by atoms with Crippen molar-refractivity contribution in [3.8, 4) is 0 Å². The Bertz CT molecular complexity index is 427. The number of anilines is 1. The molecule has 1 aliphatic rings. The SMILES string of the molecule is Cc1ccc(F)cc1NC(=O)C1(C)COC1. The molecule has 16 heavy (non-hydrogen) atoms. The fourth-order valence-electron chi connectivity index (χ4n) is 1.54. The summed E-state index contributed by atoms with van der Waals surface area (Å²) in [5.41, 5.74) is 0.899. The fraction of sp³-hybridized carbons (Fsp3) is 0.417. The van der Waals surface area contributed by atoms with Gasteiger partial charge in [-0.05, 0) is 31.5 Å². The lowest BCUT2D eigenvalue weighted by atomic mass is 9.87. The molecule has 1 heterocycles. The van der Waals surface area contributed by atoms with E-state index >= 15 is 0 Å². The molecule has 0 atom stereocenters. The average molecular weight is 223 g/mol. The number of hydrogen-bond donors (Lipinski definition) is 1. The summed E-state index contributed by atoms with van der Waals surface area (Å²) in [6.07, 6.45) is 0. The predicted molar refractivity (Wildman–Crippen MR) is 58.7 cm³/mol. The van der Waals surface area contributed by atoms with Crippen LogP contribution in [0.5, 0.6) is 0 Å². The molecule has 2 rings (SSSR count). The third kappa shape index (κ3) is 1.93. The van der Waals surface area contributed by atoms with E-state index in [0.717, 1.165) is 5.56 Å². The lowest BCUT2D eigenvalue weighted by molar-refractivity contribution is -0.151. The molecule has 1 aromatic carbocycles. The molecule has 0 unspecified atom stereocenters. The largest absolute Gasteiger partial charge is 0.379 e. The number of nitrogens with one attached hydrogen (secondary N) is 1. The second-order valence-corrected chi connectivity index (χ2v) is 4.47. The molecule has 1 aliphatic heterocycles. The first kappa shape index (κ1) is 11.1. The minimum absolute atomic E-state index is 0.118. The lowest BCUT2D eigenvalue weighted by Gasteiger charge is -2.36. The molecule has 86 valence electrons. The third-order valence-electron chi connectivity index (χ3n) is 2.84. The van der Waals surface area contributed by atoms with Crippen molar-refractivity contribution in [3.05, 3.63) is 29.6 Å². The van der Waals surface area contributed by atoms with E-state index in [4.69, 9.17) is 4.74 Å². The van der Waals surface area contributed by atoms with Gasteiger partial charge in [0.2, 0.25) is 5.91 Å². The highest BCUT2D eigenvalue weighted by Gasteiger charge is 2.41. The van der Waals surface area contributed by atoms with Gasteiger partial charge in [-0.15, -0.1) is 0 Å². The second-order valence-electron chi connectivity index (χ2n) is 4.47. The maximum absolute atomic E-state index is 13.0. The molecular formula is C12H14FNO2. The summed E-state index contributed by atoms with van der Waals surface area (Å²) < 4.78 is 18.0. The molecule has 1 amide bonds. The Balaban J connectivity index is 2.14. The summed E-state index contributed by atoms with van der Waals surface area (Å²) in [5, 5.41) is 2.73. The first-order valence-electron chi connectivity index (χ1n) is 5.17. The van der Waals surface area contributed by atoms with Crippen molar-refractivity contribution in [2.75, 3.05) is 18.5 Å². The Morgan fingerprint density at radius 2 is 2.19 bits per heavy atom. The van der Waals surface area contributed by atoms with E-state index in [2.05, 4.69) is 5.32 Å². The van der Waals surface area contributed by atoms with E-state index < -0.39 is 5.41 Å². The number of rotatable bonds is 2. The maximum Gasteiger partial charge on any atom is 0.235 e. The molecular weight excluding hydrogens is 209 g/mol. The average Bonchev–Trinajstić information content (AvgIpc) is 2.20. The van der Waals surface area contributed by atoms with Gasteiger partial charge in [-0.25, -0.2) is 4.39 Å². The Labute approximate surface area is 93.6 Å². The Morgan fingerprint density at radius 3 is 2.75 bits per heavy atom. The van der Waals surface area contributed by atoms with Gasteiger partial charge in [0, 0.05) is 5.69 Å². The molecule has 0 aliphatic carbocycles. The van der Waals surface area contributed by atoms with Gasteiger partial charge < -0.3 is 10.1 Å². The Hall–Kier alpha value is -1.42. The quantitative estimate of drug-likeness (QED) is 0.833. The van der Waals surface area contributed by atoms with E-state index in [1.54, 1.807) is 6.07 Å². The monoisotopic (exact) mass is 223 g/mol. The summed E-state index contributed by atoms with van der Waals surface area (Å²) in [6, 6.07) is 4.35. The topological polar surface area (TPSA) is 38.3 Å². The van der Waals surface area contributed by atoms with Crippen molar-refractivity contribution in [1.29, 1.82) is 0 Å². The zero-order valence-electron chi connectivity index (χ0n) is 9.34. The second kappa shape index (κ2) is 3.87. The van der Waals surface area contributed by atoms with Crippen molar-refractivity contribution in [2.45, 2.75) is 13.8 Å². The van der Waals surface area contributed by atoms with Crippen LogP contribution in [0.25, 0.3) is 0 Å². The van der Waals surface area contributed by atoms with Gasteiger partial charge >= 0.3 is 0 Å². The summed E-state index contributed by atoms with van der Waals surface area (Å²) in [4.78, 5) is 11.9. The normalized spacial score (nSPS) is 17.7. The van der Waals surface area contributed by atoms with Gasteiger partial charge in [0.15, 0.2) is 0 Å². The molecule has 0 saturated carbocycles. The first-order chi connectivity index (χ1) is 7.51. The molecule has 0 aromatic heterocycles. The Kier molecular flexibility index (Phi) is 2.68. The highest BCUT2D eigenvalue weighted by molar-refractivity contribution is 5.96. The molecule has 0 spiro atoms. The third-order valence-corrected chi connectivity index (χ3v) is 2.84. The van der Waals surface area contributed by atoms with Crippen molar-refractivity contribution in [3.63, 3.8) is 0 Å². The molecule has 1 N–H and O–H groups in total. The van der Waals surface area contributed by atoms with Gasteiger partial charge in [0.1, 0.15) is 5.82 Å². The van der Waals surface area contributed by atoms with E-state index in [-0.39, 0.29) is 11.7 Å². The van der Waals surface area contributed by atoms with Crippen LogP contribution >= 0.6 is 0 Å². The highest BCUT2D eigenvalue weighted by atomic mass is 19.1. The maximum atomic E-state index is 13.0. The van der Waals surface area contributed by atoms with E-state index in [1.165, 1.54) is 12.1 Å². The Morgan fingerprint density at radius 1 is 1.50 bits per heavy atom. The number of aryl methyl sites for hydroxylation is 1.